The van der Waals surface area contributed by atoms with E-state index in [1.54, 1.807) is 0 Å². The first kappa shape index (κ1) is 14.7. The quantitative estimate of drug-likeness (QED) is 0.882. The Labute approximate surface area is 126 Å². The smallest absolute Gasteiger partial charge is 0.132 e. The zero-order chi connectivity index (χ0) is 14.7. The Bertz CT molecular complexity index is 473. The van der Waals surface area contributed by atoms with Crippen molar-refractivity contribution in [3.8, 4) is 0 Å². The zero-order valence-corrected chi connectivity index (χ0v) is 12.9. The predicted octanol–water partition coefficient (Wildman–Crippen LogP) is 1.46. The number of aryl methyl sites for hydroxylation is 1. The van der Waals surface area contributed by atoms with Crippen LogP contribution >= 0.6 is 0 Å². The van der Waals surface area contributed by atoms with Crippen LogP contribution in [0.15, 0.2) is 6.07 Å². The number of aliphatic hydroxyl groups excluding tert-OH is 1. The summed E-state index contributed by atoms with van der Waals surface area (Å²) in [6.45, 7) is 6.39. The monoisotopic (exact) mass is 290 g/mol. The average Bonchev–Trinajstić information content (AvgIpc) is 2.55. The summed E-state index contributed by atoms with van der Waals surface area (Å²) in [5.74, 6) is 2.86. The number of anilines is 1. The van der Waals surface area contributed by atoms with E-state index < -0.39 is 0 Å². The fourth-order valence-electron chi connectivity index (χ4n) is 3.49. The number of piperidine rings is 2. The molecule has 116 valence electrons. The molecular weight excluding hydrogens is 264 g/mol. The van der Waals surface area contributed by atoms with Gasteiger partial charge < -0.3 is 15.3 Å². The van der Waals surface area contributed by atoms with Crippen molar-refractivity contribution in [1.29, 1.82) is 0 Å². The van der Waals surface area contributed by atoms with Gasteiger partial charge in [-0.1, -0.05) is 0 Å². The van der Waals surface area contributed by atoms with Crippen molar-refractivity contribution >= 4 is 5.82 Å². The fourth-order valence-corrected chi connectivity index (χ4v) is 3.49. The van der Waals surface area contributed by atoms with Crippen LogP contribution in [0.25, 0.3) is 0 Å². The standard InChI is InChI=1S/C16H26N4O/c1-12-18-15(14-4-6-17-7-5-14)9-16(19-12)20-8-2-3-13(10-20)11-21/h9,13-14,17,21H,2-8,10-11H2,1H3. The predicted molar refractivity (Wildman–Crippen MR) is 83.6 cm³/mol. The third-order valence-corrected chi connectivity index (χ3v) is 4.70. The van der Waals surface area contributed by atoms with E-state index >= 15 is 0 Å². The Morgan fingerprint density at radius 2 is 2.10 bits per heavy atom. The average molecular weight is 290 g/mol. The molecule has 0 spiro atoms. The van der Waals surface area contributed by atoms with Crippen molar-refractivity contribution in [2.24, 2.45) is 5.92 Å². The van der Waals surface area contributed by atoms with Crippen LogP contribution in [0.5, 0.6) is 0 Å². The Hall–Kier alpha value is -1.20. The number of rotatable bonds is 3. The molecule has 0 saturated carbocycles. The number of nitrogens with zero attached hydrogens (tertiary/aromatic N) is 3. The molecule has 2 aliphatic rings. The van der Waals surface area contributed by atoms with E-state index in [0.29, 0.717) is 11.8 Å². The fraction of sp³-hybridized carbons (Fsp3) is 0.750. The van der Waals surface area contributed by atoms with Crippen LogP contribution in [0.4, 0.5) is 5.82 Å². The number of aliphatic hydroxyl groups is 1. The summed E-state index contributed by atoms with van der Waals surface area (Å²) >= 11 is 0. The molecule has 0 amide bonds. The minimum Gasteiger partial charge on any atom is -0.396 e. The summed E-state index contributed by atoms with van der Waals surface area (Å²) in [4.78, 5) is 11.6. The van der Waals surface area contributed by atoms with Crippen LogP contribution in [0.3, 0.4) is 0 Å². The van der Waals surface area contributed by atoms with E-state index in [2.05, 4.69) is 26.3 Å². The third-order valence-electron chi connectivity index (χ3n) is 4.70. The van der Waals surface area contributed by atoms with Crippen LogP contribution in [0.1, 0.15) is 43.1 Å². The molecule has 0 aliphatic carbocycles. The van der Waals surface area contributed by atoms with Crippen molar-refractivity contribution in [3.63, 3.8) is 0 Å². The van der Waals surface area contributed by atoms with E-state index in [4.69, 9.17) is 0 Å². The van der Waals surface area contributed by atoms with Gasteiger partial charge in [0.05, 0.1) is 0 Å². The molecule has 2 fully saturated rings. The number of hydrogen-bond acceptors (Lipinski definition) is 5. The highest BCUT2D eigenvalue weighted by Gasteiger charge is 2.23. The molecule has 1 unspecified atom stereocenters. The van der Waals surface area contributed by atoms with Crippen LogP contribution in [-0.2, 0) is 0 Å². The van der Waals surface area contributed by atoms with E-state index in [1.165, 1.54) is 5.69 Å². The first-order chi connectivity index (χ1) is 10.3. The Balaban J connectivity index is 1.80. The lowest BCUT2D eigenvalue weighted by molar-refractivity contribution is 0.208. The SMILES string of the molecule is Cc1nc(C2CCNCC2)cc(N2CCCC(CO)C2)n1. The second-order valence-electron chi connectivity index (χ2n) is 6.36. The lowest BCUT2D eigenvalue weighted by Crippen LogP contribution is -2.37. The molecule has 5 heteroatoms. The molecule has 3 heterocycles. The summed E-state index contributed by atoms with van der Waals surface area (Å²) in [5, 5.41) is 12.8. The maximum absolute atomic E-state index is 9.40. The molecule has 2 aliphatic heterocycles. The first-order valence-corrected chi connectivity index (χ1v) is 8.18. The third kappa shape index (κ3) is 3.52. The second-order valence-corrected chi connectivity index (χ2v) is 6.36. The lowest BCUT2D eigenvalue weighted by atomic mass is 9.94. The topological polar surface area (TPSA) is 61.3 Å². The molecule has 21 heavy (non-hydrogen) atoms. The Kier molecular flexibility index (Phi) is 4.70. The van der Waals surface area contributed by atoms with Gasteiger partial charge in [0.25, 0.3) is 0 Å². The number of aromatic nitrogens is 2. The van der Waals surface area contributed by atoms with Gasteiger partial charge in [0.1, 0.15) is 11.6 Å². The largest absolute Gasteiger partial charge is 0.396 e. The molecule has 0 aromatic carbocycles. The van der Waals surface area contributed by atoms with Gasteiger partial charge in [0.15, 0.2) is 0 Å². The normalized spacial score (nSPS) is 24.3. The molecule has 1 atom stereocenters. The molecule has 1 aromatic rings. The molecule has 3 rings (SSSR count). The van der Waals surface area contributed by atoms with Gasteiger partial charge in [0, 0.05) is 37.4 Å². The summed E-state index contributed by atoms with van der Waals surface area (Å²) in [5.41, 5.74) is 1.20. The molecule has 2 saturated heterocycles. The minimum atomic E-state index is 0.279. The van der Waals surface area contributed by atoms with Crippen molar-refractivity contribution in [1.82, 2.24) is 15.3 Å². The summed E-state index contributed by atoms with van der Waals surface area (Å²) < 4.78 is 0. The van der Waals surface area contributed by atoms with Gasteiger partial charge in [-0.15, -0.1) is 0 Å². The van der Waals surface area contributed by atoms with E-state index in [0.717, 1.165) is 63.5 Å². The van der Waals surface area contributed by atoms with Crippen molar-refractivity contribution < 1.29 is 5.11 Å². The van der Waals surface area contributed by atoms with Gasteiger partial charge in [-0.25, -0.2) is 9.97 Å². The summed E-state index contributed by atoms with van der Waals surface area (Å²) in [6, 6.07) is 2.18. The zero-order valence-electron chi connectivity index (χ0n) is 12.9. The second kappa shape index (κ2) is 6.71. The van der Waals surface area contributed by atoms with Crippen molar-refractivity contribution in [2.45, 2.75) is 38.5 Å². The number of nitrogens with one attached hydrogen (secondary N) is 1. The highest BCUT2D eigenvalue weighted by atomic mass is 16.3. The van der Waals surface area contributed by atoms with Crippen LogP contribution in [0.2, 0.25) is 0 Å². The summed E-state index contributed by atoms with van der Waals surface area (Å²) in [7, 11) is 0. The van der Waals surface area contributed by atoms with Crippen molar-refractivity contribution in [2.75, 3.05) is 37.7 Å². The maximum Gasteiger partial charge on any atom is 0.132 e. The van der Waals surface area contributed by atoms with E-state index in [9.17, 15) is 5.11 Å². The molecule has 5 nitrogen and oxygen atoms in total. The lowest BCUT2D eigenvalue weighted by Gasteiger charge is -2.33. The molecular formula is C16H26N4O. The maximum atomic E-state index is 9.40. The molecule has 0 bridgehead atoms. The van der Waals surface area contributed by atoms with Gasteiger partial charge in [0.2, 0.25) is 0 Å². The van der Waals surface area contributed by atoms with Gasteiger partial charge in [-0.3, -0.25) is 0 Å². The highest BCUT2D eigenvalue weighted by molar-refractivity contribution is 5.41. The minimum absolute atomic E-state index is 0.279. The molecule has 0 radical (unpaired) electrons. The van der Waals surface area contributed by atoms with Gasteiger partial charge in [-0.05, 0) is 51.6 Å². The first-order valence-electron chi connectivity index (χ1n) is 8.18. The Morgan fingerprint density at radius 1 is 1.29 bits per heavy atom. The van der Waals surface area contributed by atoms with Crippen molar-refractivity contribution in [3.05, 3.63) is 17.6 Å². The van der Waals surface area contributed by atoms with Crippen LogP contribution < -0.4 is 10.2 Å². The highest BCUT2D eigenvalue weighted by Crippen LogP contribution is 2.28. The van der Waals surface area contributed by atoms with Crippen LogP contribution in [0, 0.1) is 12.8 Å². The molecule has 2 N–H and O–H groups in total. The molecule has 1 aromatic heterocycles. The Morgan fingerprint density at radius 3 is 2.86 bits per heavy atom. The summed E-state index contributed by atoms with van der Waals surface area (Å²) in [6.07, 6.45) is 4.58. The van der Waals surface area contributed by atoms with Gasteiger partial charge in [-0.2, -0.15) is 0 Å². The van der Waals surface area contributed by atoms with E-state index in [1.807, 2.05) is 6.92 Å². The van der Waals surface area contributed by atoms with Crippen LogP contribution in [-0.4, -0.2) is 47.9 Å². The number of hydrogen-bond donors (Lipinski definition) is 2. The van der Waals surface area contributed by atoms with E-state index in [-0.39, 0.29) is 6.61 Å². The van der Waals surface area contributed by atoms with Gasteiger partial charge >= 0.3 is 0 Å².